The van der Waals surface area contributed by atoms with Crippen molar-refractivity contribution in [1.29, 1.82) is 5.26 Å². The summed E-state index contributed by atoms with van der Waals surface area (Å²) in [4.78, 5) is 9.29. The summed E-state index contributed by atoms with van der Waals surface area (Å²) < 4.78 is 5.23. The van der Waals surface area contributed by atoms with Crippen molar-refractivity contribution in [3.05, 3.63) is 22.8 Å². The molecular formula is C11H12ClN3O2. The number of halogens is 1. The molecule has 0 aromatic carbocycles. The van der Waals surface area contributed by atoms with Crippen LogP contribution in [0.3, 0.4) is 0 Å². The van der Waals surface area contributed by atoms with Crippen LogP contribution in [0.1, 0.15) is 12.1 Å². The minimum absolute atomic E-state index is 0.185. The van der Waals surface area contributed by atoms with Crippen molar-refractivity contribution in [2.45, 2.75) is 6.42 Å². The molecule has 0 radical (unpaired) electrons. The highest BCUT2D eigenvalue weighted by molar-refractivity contribution is 6.31. The molecule has 2 rings (SSSR count). The summed E-state index contributed by atoms with van der Waals surface area (Å²) in [5, 5.41) is 9.09. The van der Waals surface area contributed by atoms with Gasteiger partial charge in [0.2, 0.25) is 0 Å². The molecule has 17 heavy (non-hydrogen) atoms. The van der Waals surface area contributed by atoms with Crippen molar-refractivity contribution in [2.75, 3.05) is 25.3 Å². The second kappa shape index (κ2) is 5.82. The summed E-state index contributed by atoms with van der Waals surface area (Å²) >= 11 is 5.76. The summed E-state index contributed by atoms with van der Waals surface area (Å²) in [6.45, 7) is 2.09. The van der Waals surface area contributed by atoms with Crippen molar-refractivity contribution in [2.24, 2.45) is 5.92 Å². The first-order valence-electron chi connectivity index (χ1n) is 5.32. The lowest BCUT2D eigenvalue weighted by molar-refractivity contribution is 0.126. The third-order valence-electron chi connectivity index (χ3n) is 2.47. The highest BCUT2D eigenvalue weighted by Crippen LogP contribution is 2.16. The van der Waals surface area contributed by atoms with Gasteiger partial charge in [-0.2, -0.15) is 5.26 Å². The third kappa shape index (κ3) is 3.30. The Kier molecular flexibility index (Phi) is 4.15. The molecule has 1 aliphatic heterocycles. The molecule has 0 saturated carbocycles. The van der Waals surface area contributed by atoms with Gasteiger partial charge in [-0.1, -0.05) is 11.6 Å². The van der Waals surface area contributed by atoms with Gasteiger partial charge in [0.25, 0.3) is 0 Å². The van der Waals surface area contributed by atoms with Crippen molar-refractivity contribution in [1.82, 2.24) is 4.98 Å². The van der Waals surface area contributed by atoms with Gasteiger partial charge >= 0.3 is 0 Å². The second-order valence-electron chi connectivity index (χ2n) is 3.78. The molecule has 1 N–H and O–H groups in total. The fourth-order valence-corrected chi connectivity index (χ4v) is 1.67. The number of nitrogens with zero attached hydrogens (tertiary/aromatic N) is 2. The summed E-state index contributed by atoms with van der Waals surface area (Å²) in [5.74, 6) is 0.898. The highest BCUT2D eigenvalue weighted by atomic mass is 35.5. The largest absolute Gasteiger partial charge is 0.381 e. The van der Waals surface area contributed by atoms with Gasteiger partial charge in [-0.3, -0.25) is 4.84 Å². The number of anilines is 1. The third-order valence-corrected chi connectivity index (χ3v) is 2.78. The van der Waals surface area contributed by atoms with Crippen molar-refractivity contribution in [3.63, 3.8) is 0 Å². The maximum Gasteiger partial charge on any atom is 0.161 e. The fraction of sp³-hybridized carbons (Fsp3) is 0.455. The molecular weight excluding hydrogens is 242 g/mol. The number of aromatic nitrogens is 1. The normalized spacial score (nSPS) is 18.9. The van der Waals surface area contributed by atoms with E-state index in [-0.39, 0.29) is 5.69 Å². The SMILES string of the molecule is N#Cc1nc(NOCC2CCOC2)ccc1Cl. The first-order valence-corrected chi connectivity index (χ1v) is 5.69. The van der Waals surface area contributed by atoms with Crippen LogP contribution in [0.25, 0.3) is 0 Å². The minimum Gasteiger partial charge on any atom is -0.381 e. The molecule has 1 fully saturated rings. The van der Waals surface area contributed by atoms with Crippen LogP contribution in [-0.4, -0.2) is 24.8 Å². The molecule has 5 nitrogen and oxygen atoms in total. The summed E-state index contributed by atoms with van der Waals surface area (Å²) in [6.07, 6.45) is 1.01. The van der Waals surface area contributed by atoms with Gasteiger partial charge in [-0.25, -0.2) is 10.5 Å². The highest BCUT2D eigenvalue weighted by Gasteiger charge is 2.15. The number of pyridine rings is 1. The Labute approximate surface area is 104 Å². The molecule has 1 aliphatic rings. The monoisotopic (exact) mass is 253 g/mol. The topological polar surface area (TPSA) is 67.2 Å². The Hall–Kier alpha value is -1.35. The lowest BCUT2D eigenvalue weighted by Gasteiger charge is -2.09. The smallest absolute Gasteiger partial charge is 0.161 e. The maximum absolute atomic E-state index is 8.76. The molecule has 90 valence electrons. The maximum atomic E-state index is 8.76. The van der Waals surface area contributed by atoms with Crippen molar-refractivity contribution >= 4 is 17.4 Å². The van der Waals surface area contributed by atoms with Crippen LogP contribution < -0.4 is 5.48 Å². The molecule has 0 aliphatic carbocycles. The molecule has 1 aromatic rings. The van der Waals surface area contributed by atoms with Crippen LogP contribution in [0, 0.1) is 17.2 Å². The minimum atomic E-state index is 0.185. The number of nitriles is 1. The van der Waals surface area contributed by atoms with Crippen LogP contribution in [0.2, 0.25) is 5.02 Å². The van der Waals surface area contributed by atoms with E-state index in [2.05, 4.69) is 10.5 Å². The van der Waals surface area contributed by atoms with E-state index in [1.165, 1.54) is 0 Å². The van der Waals surface area contributed by atoms with E-state index >= 15 is 0 Å². The zero-order valence-electron chi connectivity index (χ0n) is 9.15. The summed E-state index contributed by atoms with van der Waals surface area (Å²) in [7, 11) is 0. The van der Waals surface area contributed by atoms with Crippen LogP contribution >= 0.6 is 11.6 Å². The Morgan fingerprint density at radius 3 is 3.24 bits per heavy atom. The van der Waals surface area contributed by atoms with Gasteiger partial charge in [-0.15, -0.1) is 0 Å². The molecule has 2 heterocycles. The van der Waals surface area contributed by atoms with Crippen LogP contribution in [-0.2, 0) is 9.57 Å². The average molecular weight is 254 g/mol. The Morgan fingerprint density at radius 2 is 2.53 bits per heavy atom. The predicted octanol–water partition coefficient (Wildman–Crippen LogP) is 1.99. The number of hydrogen-bond donors (Lipinski definition) is 1. The number of ether oxygens (including phenoxy) is 1. The van der Waals surface area contributed by atoms with Gasteiger partial charge in [0, 0.05) is 12.5 Å². The molecule has 1 atom stereocenters. The van der Waals surface area contributed by atoms with E-state index < -0.39 is 0 Å². The van der Waals surface area contributed by atoms with E-state index in [1.807, 2.05) is 6.07 Å². The van der Waals surface area contributed by atoms with Crippen LogP contribution in [0.5, 0.6) is 0 Å². The van der Waals surface area contributed by atoms with Crippen LogP contribution in [0.4, 0.5) is 5.82 Å². The lowest BCUT2D eigenvalue weighted by atomic mass is 10.1. The zero-order valence-corrected chi connectivity index (χ0v) is 9.91. The van der Waals surface area contributed by atoms with Crippen molar-refractivity contribution < 1.29 is 9.57 Å². The van der Waals surface area contributed by atoms with Crippen molar-refractivity contribution in [3.8, 4) is 6.07 Å². The molecule has 1 aromatic heterocycles. The number of nitrogens with one attached hydrogen (secondary N) is 1. The molecule has 1 saturated heterocycles. The molecule has 0 bridgehead atoms. The van der Waals surface area contributed by atoms with Gasteiger partial charge < -0.3 is 4.74 Å². The van der Waals surface area contributed by atoms with E-state index in [4.69, 9.17) is 26.4 Å². The average Bonchev–Trinajstić information content (AvgIpc) is 2.84. The quantitative estimate of drug-likeness (QED) is 0.831. The fourth-order valence-electron chi connectivity index (χ4n) is 1.53. The van der Waals surface area contributed by atoms with E-state index in [1.54, 1.807) is 12.1 Å². The zero-order chi connectivity index (χ0) is 12.1. The van der Waals surface area contributed by atoms with Gasteiger partial charge in [-0.05, 0) is 18.6 Å². The summed E-state index contributed by atoms with van der Waals surface area (Å²) in [6, 6.07) is 5.18. The molecule has 1 unspecified atom stereocenters. The van der Waals surface area contributed by atoms with Crippen LogP contribution in [0.15, 0.2) is 12.1 Å². The Bertz CT molecular complexity index is 427. The van der Waals surface area contributed by atoms with Gasteiger partial charge in [0.05, 0.1) is 18.2 Å². The number of hydrogen-bond acceptors (Lipinski definition) is 5. The second-order valence-corrected chi connectivity index (χ2v) is 4.19. The van der Waals surface area contributed by atoms with Gasteiger partial charge in [0.15, 0.2) is 11.5 Å². The van der Waals surface area contributed by atoms with E-state index in [9.17, 15) is 0 Å². The molecule has 6 heteroatoms. The van der Waals surface area contributed by atoms with E-state index in [0.29, 0.717) is 23.4 Å². The predicted molar refractivity (Wildman–Crippen MR) is 62.5 cm³/mol. The standard InChI is InChI=1S/C11H12ClN3O2/c12-9-1-2-11(14-10(9)5-13)15-17-7-8-3-4-16-6-8/h1-2,8H,3-4,6-7H2,(H,14,15). The number of rotatable bonds is 4. The van der Waals surface area contributed by atoms with Gasteiger partial charge in [0.1, 0.15) is 6.07 Å². The van der Waals surface area contributed by atoms with E-state index in [0.717, 1.165) is 19.6 Å². The molecule has 0 amide bonds. The Morgan fingerprint density at radius 1 is 1.65 bits per heavy atom. The Balaban J connectivity index is 1.84. The first kappa shape index (κ1) is 12.1. The lowest BCUT2D eigenvalue weighted by Crippen LogP contribution is -2.13. The molecule has 0 spiro atoms. The summed E-state index contributed by atoms with van der Waals surface area (Å²) in [5.41, 5.74) is 2.88. The first-order chi connectivity index (χ1) is 8.29.